The van der Waals surface area contributed by atoms with Gasteiger partial charge in [-0.25, -0.2) is 0 Å². The van der Waals surface area contributed by atoms with Crippen LogP contribution in [0.1, 0.15) is 174 Å². The Hall–Kier alpha value is -1.77. The van der Waals surface area contributed by atoms with Crippen molar-refractivity contribution >= 4 is 19.8 Å². The van der Waals surface area contributed by atoms with Gasteiger partial charge in [0, 0.05) is 12.8 Å². The van der Waals surface area contributed by atoms with Crippen molar-refractivity contribution in [2.45, 2.75) is 180 Å². The average molecular weight is 770 g/mol. The quantitative estimate of drug-likeness (QED) is 0.0201. The van der Waals surface area contributed by atoms with Crippen molar-refractivity contribution in [3.63, 3.8) is 0 Å². The van der Waals surface area contributed by atoms with Gasteiger partial charge in [-0.2, -0.15) is 0 Å². The lowest BCUT2D eigenvalue weighted by atomic mass is 10.1. The van der Waals surface area contributed by atoms with Gasteiger partial charge in [-0.1, -0.05) is 127 Å². The second-order valence-electron chi connectivity index (χ2n) is 15.3. The van der Waals surface area contributed by atoms with E-state index >= 15 is 0 Å². The summed E-state index contributed by atoms with van der Waals surface area (Å²) in [5, 5.41) is 0. The summed E-state index contributed by atoms with van der Waals surface area (Å²) in [6, 6.07) is 0. The number of likely N-dealkylation sites (N-methyl/N-ethyl adjacent to an activating group) is 1. The van der Waals surface area contributed by atoms with E-state index < -0.39 is 32.5 Å². The fourth-order valence-corrected chi connectivity index (χ4v) is 6.23. The van der Waals surface area contributed by atoms with Gasteiger partial charge in [-0.05, 0) is 70.6 Å². The number of hydrogen-bond donors (Lipinski definition) is 0. The normalized spacial score (nSPS) is 14.0. The van der Waals surface area contributed by atoms with Gasteiger partial charge in [0.05, 0.1) is 27.7 Å². The summed E-state index contributed by atoms with van der Waals surface area (Å²) < 4.78 is 33.8. The molecule has 9 nitrogen and oxygen atoms in total. The molecular weight excluding hydrogens is 689 g/mol. The molecule has 0 heterocycles. The van der Waals surface area contributed by atoms with Gasteiger partial charge >= 0.3 is 11.9 Å². The van der Waals surface area contributed by atoms with Gasteiger partial charge < -0.3 is 27.9 Å². The van der Waals surface area contributed by atoms with E-state index in [1.54, 1.807) is 0 Å². The highest BCUT2D eigenvalue weighted by atomic mass is 31.2. The molecule has 310 valence electrons. The van der Waals surface area contributed by atoms with Gasteiger partial charge in [0.2, 0.25) is 0 Å². The second-order valence-corrected chi connectivity index (χ2v) is 16.8. The highest BCUT2D eigenvalue weighted by molar-refractivity contribution is 7.45. The van der Waals surface area contributed by atoms with Gasteiger partial charge in [0.25, 0.3) is 7.82 Å². The molecule has 2 atom stereocenters. The Balaban J connectivity index is 4.42. The van der Waals surface area contributed by atoms with Crippen LogP contribution in [0.4, 0.5) is 0 Å². The summed E-state index contributed by atoms with van der Waals surface area (Å²) in [6.45, 7) is 4.16. The van der Waals surface area contributed by atoms with Crippen molar-refractivity contribution < 1.29 is 42.1 Å². The average Bonchev–Trinajstić information content (AvgIpc) is 3.10. The van der Waals surface area contributed by atoms with E-state index in [0.717, 1.165) is 70.6 Å². The number of quaternary nitrogens is 1. The van der Waals surface area contributed by atoms with Crippen LogP contribution >= 0.6 is 7.82 Å². The molecule has 53 heavy (non-hydrogen) atoms. The predicted molar refractivity (Wildman–Crippen MR) is 217 cm³/mol. The van der Waals surface area contributed by atoms with Crippen LogP contribution in [-0.4, -0.2) is 70.0 Å². The zero-order valence-corrected chi connectivity index (χ0v) is 35.6. The number of allylic oxidation sites excluding steroid dienone is 6. The molecule has 1 unspecified atom stereocenters. The summed E-state index contributed by atoms with van der Waals surface area (Å²) in [7, 11) is 1.15. The summed E-state index contributed by atoms with van der Waals surface area (Å²) in [4.78, 5) is 37.4. The predicted octanol–water partition coefficient (Wildman–Crippen LogP) is 11.1. The largest absolute Gasteiger partial charge is 0.756 e. The summed E-state index contributed by atoms with van der Waals surface area (Å²) in [5.74, 6) is -0.861. The smallest absolute Gasteiger partial charge is 0.306 e. The van der Waals surface area contributed by atoms with E-state index in [-0.39, 0.29) is 26.1 Å². The molecule has 0 fully saturated rings. The molecule has 0 N–H and O–H groups in total. The second kappa shape index (κ2) is 35.9. The van der Waals surface area contributed by atoms with Crippen LogP contribution < -0.4 is 4.89 Å². The van der Waals surface area contributed by atoms with Crippen LogP contribution in [0.5, 0.6) is 0 Å². The third kappa shape index (κ3) is 39.7. The van der Waals surface area contributed by atoms with Crippen LogP contribution in [0.15, 0.2) is 36.5 Å². The molecule has 0 rings (SSSR count). The Morgan fingerprint density at radius 2 is 1.02 bits per heavy atom. The van der Waals surface area contributed by atoms with Crippen LogP contribution in [-0.2, 0) is 32.7 Å². The summed E-state index contributed by atoms with van der Waals surface area (Å²) in [5.41, 5.74) is 0. The maximum absolute atomic E-state index is 12.6. The fraction of sp³-hybridized carbons (Fsp3) is 0.814. The standard InChI is InChI=1S/C43H80NO8P/c1-6-8-10-12-14-16-18-20-22-24-25-27-29-31-33-35-42(45)49-39-41(40-51-53(47,48)50-38-37-44(3,4)5)52-43(46)36-34-32-30-28-26-23-21-19-17-15-13-11-9-7-2/h14,16,19-22,41H,6-13,15,17-18,23-40H2,1-5H3/b16-14-,21-19-,22-20-/t41-/m1/s1. The SMILES string of the molecule is CCCCC/C=C\C/C=C\CCCCCCCC(=O)OC[C@H](COP(=O)([O-])OCC[N+](C)(C)C)OC(=O)CCCCCCC/C=C\CCCCCCC. The molecule has 10 heteroatoms. The van der Waals surface area contributed by atoms with Crippen LogP contribution in [0.25, 0.3) is 0 Å². The molecule has 0 bridgehead atoms. The van der Waals surface area contributed by atoms with Gasteiger partial charge in [0.15, 0.2) is 6.10 Å². The Morgan fingerprint density at radius 1 is 0.585 bits per heavy atom. The van der Waals surface area contributed by atoms with Crippen molar-refractivity contribution in [1.29, 1.82) is 0 Å². The molecule has 0 spiro atoms. The van der Waals surface area contributed by atoms with E-state index in [4.69, 9.17) is 18.5 Å². The Kier molecular flexibility index (Phi) is 34.7. The Bertz CT molecular complexity index is 1010. The number of carbonyl (C=O) groups excluding carboxylic acids is 2. The van der Waals surface area contributed by atoms with Crippen molar-refractivity contribution in [1.82, 2.24) is 0 Å². The number of ether oxygens (including phenoxy) is 2. The Morgan fingerprint density at radius 3 is 1.55 bits per heavy atom. The minimum absolute atomic E-state index is 0.0350. The number of hydrogen-bond acceptors (Lipinski definition) is 8. The summed E-state index contributed by atoms with van der Waals surface area (Å²) in [6.07, 6.45) is 38.8. The molecule has 0 saturated carbocycles. The fourth-order valence-electron chi connectivity index (χ4n) is 5.50. The zero-order chi connectivity index (χ0) is 39.3. The van der Waals surface area contributed by atoms with Gasteiger partial charge in [0.1, 0.15) is 19.8 Å². The van der Waals surface area contributed by atoms with Crippen molar-refractivity contribution in [3.8, 4) is 0 Å². The van der Waals surface area contributed by atoms with Crippen molar-refractivity contribution in [2.24, 2.45) is 0 Å². The number of unbranched alkanes of at least 4 members (excludes halogenated alkanes) is 18. The minimum Gasteiger partial charge on any atom is -0.756 e. The first kappa shape index (κ1) is 51.2. The molecule has 0 radical (unpaired) electrons. The van der Waals surface area contributed by atoms with Crippen LogP contribution in [0, 0.1) is 0 Å². The Labute approximate surface area is 325 Å². The van der Waals surface area contributed by atoms with Crippen LogP contribution in [0.3, 0.4) is 0 Å². The molecular formula is C43H80NO8P. The lowest BCUT2D eigenvalue weighted by Gasteiger charge is -2.28. The number of phosphoric ester groups is 1. The van der Waals surface area contributed by atoms with Crippen molar-refractivity contribution in [2.75, 3.05) is 47.5 Å². The third-order valence-corrected chi connectivity index (χ3v) is 9.85. The first-order valence-corrected chi connectivity index (χ1v) is 22.7. The van der Waals surface area contributed by atoms with Gasteiger partial charge in [-0.3, -0.25) is 14.2 Å². The first-order valence-electron chi connectivity index (χ1n) is 21.2. The molecule has 0 aliphatic carbocycles. The molecule has 0 aromatic carbocycles. The highest BCUT2D eigenvalue weighted by Gasteiger charge is 2.21. The zero-order valence-electron chi connectivity index (χ0n) is 34.7. The van der Waals surface area contributed by atoms with E-state index in [1.165, 1.54) is 64.2 Å². The van der Waals surface area contributed by atoms with Crippen LogP contribution in [0.2, 0.25) is 0 Å². The van der Waals surface area contributed by atoms with E-state index in [2.05, 4.69) is 50.3 Å². The maximum Gasteiger partial charge on any atom is 0.306 e. The van der Waals surface area contributed by atoms with E-state index in [0.29, 0.717) is 23.9 Å². The first-order chi connectivity index (χ1) is 25.5. The minimum atomic E-state index is -4.63. The monoisotopic (exact) mass is 770 g/mol. The molecule has 0 amide bonds. The lowest BCUT2D eigenvalue weighted by molar-refractivity contribution is -0.870. The number of carbonyl (C=O) groups is 2. The molecule has 0 aromatic rings. The maximum atomic E-state index is 12.6. The molecule has 0 aromatic heterocycles. The number of esters is 2. The molecule has 0 aliphatic heterocycles. The summed E-state index contributed by atoms with van der Waals surface area (Å²) >= 11 is 0. The number of nitrogens with zero attached hydrogens (tertiary/aromatic N) is 1. The number of phosphoric acid groups is 1. The lowest BCUT2D eigenvalue weighted by Crippen LogP contribution is -2.37. The van der Waals surface area contributed by atoms with E-state index in [1.807, 2.05) is 21.1 Å². The topological polar surface area (TPSA) is 111 Å². The van der Waals surface area contributed by atoms with E-state index in [9.17, 15) is 19.0 Å². The van der Waals surface area contributed by atoms with Crippen molar-refractivity contribution in [3.05, 3.63) is 36.5 Å². The third-order valence-electron chi connectivity index (χ3n) is 8.88. The highest BCUT2D eigenvalue weighted by Crippen LogP contribution is 2.38. The molecule has 0 aliphatic rings. The van der Waals surface area contributed by atoms with Gasteiger partial charge in [-0.15, -0.1) is 0 Å². The molecule has 0 saturated heterocycles. The number of rotatable bonds is 38.